The van der Waals surface area contributed by atoms with Crippen molar-refractivity contribution in [3.63, 3.8) is 0 Å². The van der Waals surface area contributed by atoms with Crippen LogP contribution in [-0.2, 0) is 4.79 Å². The van der Waals surface area contributed by atoms with Crippen molar-refractivity contribution in [2.45, 2.75) is 50.7 Å². The number of nitrogens with zero attached hydrogens (tertiary/aromatic N) is 1. The maximum absolute atomic E-state index is 12.2. The van der Waals surface area contributed by atoms with Gasteiger partial charge in [-0.25, -0.2) is 4.79 Å². The fraction of sp³-hybridized carbons (Fsp3) is 0.846. The molecule has 1 aliphatic heterocycles. The molecule has 2 aliphatic rings. The third-order valence-electron chi connectivity index (χ3n) is 4.15. The second-order valence-electron chi connectivity index (χ2n) is 5.64. The fourth-order valence-electron chi connectivity index (χ4n) is 2.93. The number of urea groups is 1. The number of nitrogens with one attached hydrogen (secondary N) is 1. The van der Waals surface area contributed by atoms with Crippen LogP contribution in [0.2, 0.25) is 0 Å². The van der Waals surface area contributed by atoms with Crippen LogP contribution < -0.4 is 11.1 Å². The Morgan fingerprint density at radius 1 is 1.16 bits per heavy atom. The van der Waals surface area contributed by atoms with E-state index in [-0.39, 0.29) is 24.0 Å². The average molecular weight is 269 g/mol. The van der Waals surface area contributed by atoms with Crippen LogP contribution in [0.25, 0.3) is 0 Å². The monoisotopic (exact) mass is 269 g/mol. The Balaban J connectivity index is 1.80. The minimum absolute atomic E-state index is 0.0207. The van der Waals surface area contributed by atoms with Crippen molar-refractivity contribution >= 4 is 11.9 Å². The van der Waals surface area contributed by atoms with E-state index in [1.165, 1.54) is 0 Å². The predicted molar refractivity (Wildman–Crippen MR) is 70.3 cm³/mol. The molecule has 6 heteroatoms. The lowest BCUT2D eigenvalue weighted by molar-refractivity contribution is -0.127. The Morgan fingerprint density at radius 2 is 1.84 bits per heavy atom. The lowest BCUT2D eigenvalue weighted by Crippen LogP contribution is -2.49. The molecule has 0 aromatic rings. The van der Waals surface area contributed by atoms with Crippen LogP contribution >= 0.6 is 0 Å². The van der Waals surface area contributed by atoms with Crippen LogP contribution in [0.15, 0.2) is 0 Å². The summed E-state index contributed by atoms with van der Waals surface area (Å²) >= 11 is 0. The van der Waals surface area contributed by atoms with Crippen LogP contribution in [-0.4, -0.2) is 47.2 Å². The highest BCUT2D eigenvalue weighted by atomic mass is 16.3. The fourth-order valence-corrected chi connectivity index (χ4v) is 2.93. The SMILES string of the molecule is NC(=O)N1CCCC(C(=O)NC2CCC(O)CC2)C1. The average Bonchev–Trinajstić information content (AvgIpc) is 2.41. The molecule has 4 N–H and O–H groups in total. The van der Waals surface area contributed by atoms with Gasteiger partial charge in [-0.1, -0.05) is 0 Å². The quantitative estimate of drug-likeness (QED) is 0.668. The third kappa shape index (κ3) is 3.83. The van der Waals surface area contributed by atoms with Crippen LogP contribution in [0.4, 0.5) is 4.79 Å². The Kier molecular flexibility index (Phi) is 4.63. The van der Waals surface area contributed by atoms with E-state index >= 15 is 0 Å². The molecular weight excluding hydrogens is 246 g/mol. The van der Waals surface area contributed by atoms with Gasteiger partial charge >= 0.3 is 6.03 Å². The van der Waals surface area contributed by atoms with Crippen molar-refractivity contribution < 1.29 is 14.7 Å². The Labute approximate surface area is 113 Å². The number of likely N-dealkylation sites (tertiary alicyclic amines) is 1. The first-order valence-electron chi connectivity index (χ1n) is 7.09. The number of carbonyl (C=O) groups excluding carboxylic acids is 2. The molecule has 0 radical (unpaired) electrons. The smallest absolute Gasteiger partial charge is 0.314 e. The van der Waals surface area contributed by atoms with Crippen LogP contribution in [0.1, 0.15) is 38.5 Å². The van der Waals surface area contributed by atoms with E-state index in [0.29, 0.717) is 13.1 Å². The number of hydrogen-bond donors (Lipinski definition) is 3. The molecule has 1 aliphatic carbocycles. The van der Waals surface area contributed by atoms with Gasteiger partial charge in [0.25, 0.3) is 0 Å². The highest BCUT2D eigenvalue weighted by Crippen LogP contribution is 2.21. The summed E-state index contributed by atoms with van der Waals surface area (Å²) in [6.45, 7) is 1.07. The summed E-state index contributed by atoms with van der Waals surface area (Å²) < 4.78 is 0. The number of nitrogens with two attached hydrogens (primary N) is 1. The van der Waals surface area contributed by atoms with Crippen molar-refractivity contribution in [2.75, 3.05) is 13.1 Å². The van der Waals surface area contributed by atoms with Gasteiger partial charge in [-0.2, -0.15) is 0 Å². The van der Waals surface area contributed by atoms with Crippen molar-refractivity contribution in [3.8, 4) is 0 Å². The number of aliphatic hydroxyl groups is 1. The zero-order chi connectivity index (χ0) is 13.8. The number of hydrogen-bond acceptors (Lipinski definition) is 3. The molecule has 2 rings (SSSR count). The number of carbonyl (C=O) groups is 2. The molecule has 0 spiro atoms. The van der Waals surface area contributed by atoms with Crippen molar-refractivity contribution in [1.29, 1.82) is 0 Å². The number of primary amides is 1. The molecule has 0 aromatic heterocycles. The van der Waals surface area contributed by atoms with Crippen LogP contribution in [0, 0.1) is 5.92 Å². The molecule has 3 amide bonds. The first-order valence-corrected chi connectivity index (χ1v) is 7.09. The van der Waals surface area contributed by atoms with Crippen LogP contribution in [0.5, 0.6) is 0 Å². The minimum atomic E-state index is -0.446. The molecule has 1 atom stereocenters. The van der Waals surface area contributed by atoms with E-state index in [4.69, 9.17) is 5.73 Å². The van der Waals surface area contributed by atoms with Gasteiger partial charge in [0.1, 0.15) is 0 Å². The predicted octanol–water partition coefficient (Wildman–Crippen LogP) is 0.197. The maximum Gasteiger partial charge on any atom is 0.314 e. The molecule has 0 bridgehead atoms. The van der Waals surface area contributed by atoms with Crippen LogP contribution in [0.3, 0.4) is 0 Å². The summed E-state index contributed by atoms with van der Waals surface area (Å²) in [5.41, 5.74) is 5.26. The van der Waals surface area contributed by atoms with E-state index in [0.717, 1.165) is 38.5 Å². The summed E-state index contributed by atoms with van der Waals surface area (Å²) in [5.74, 6) is -0.125. The molecule has 6 nitrogen and oxygen atoms in total. The second kappa shape index (κ2) is 6.23. The highest BCUT2D eigenvalue weighted by molar-refractivity contribution is 5.80. The lowest BCUT2D eigenvalue weighted by Gasteiger charge is -2.33. The highest BCUT2D eigenvalue weighted by Gasteiger charge is 2.29. The molecule has 1 unspecified atom stereocenters. The van der Waals surface area contributed by atoms with Gasteiger partial charge < -0.3 is 21.1 Å². The number of piperidine rings is 1. The maximum atomic E-state index is 12.2. The van der Waals surface area contributed by atoms with Crippen molar-refractivity contribution in [2.24, 2.45) is 11.7 Å². The van der Waals surface area contributed by atoms with Crippen molar-refractivity contribution in [3.05, 3.63) is 0 Å². The molecule has 0 aromatic carbocycles. The van der Waals surface area contributed by atoms with Gasteiger partial charge in [0, 0.05) is 19.1 Å². The lowest BCUT2D eigenvalue weighted by atomic mass is 9.91. The van der Waals surface area contributed by atoms with E-state index in [1.807, 2.05) is 0 Å². The summed E-state index contributed by atoms with van der Waals surface area (Å²) in [5, 5.41) is 12.5. The van der Waals surface area contributed by atoms with E-state index in [1.54, 1.807) is 4.90 Å². The molecule has 1 heterocycles. The Morgan fingerprint density at radius 3 is 2.47 bits per heavy atom. The molecule has 19 heavy (non-hydrogen) atoms. The van der Waals surface area contributed by atoms with Gasteiger partial charge in [-0.3, -0.25) is 4.79 Å². The Hall–Kier alpha value is -1.30. The van der Waals surface area contributed by atoms with Gasteiger partial charge in [-0.15, -0.1) is 0 Å². The minimum Gasteiger partial charge on any atom is -0.393 e. The summed E-state index contributed by atoms with van der Waals surface area (Å²) in [7, 11) is 0. The number of amides is 3. The largest absolute Gasteiger partial charge is 0.393 e. The molecular formula is C13H23N3O3. The summed E-state index contributed by atoms with van der Waals surface area (Å²) in [6.07, 6.45) is 4.59. The van der Waals surface area contributed by atoms with Gasteiger partial charge in [0.05, 0.1) is 12.0 Å². The van der Waals surface area contributed by atoms with Gasteiger partial charge in [0.15, 0.2) is 0 Å². The van der Waals surface area contributed by atoms with E-state index in [9.17, 15) is 14.7 Å². The molecule has 1 saturated carbocycles. The zero-order valence-electron chi connectivity index (χ0n) is 11.2. The standard InChI is InChI=1S/C13H23N3O3/c14-13(19)16-7-1-2-9(8-16)12(18)15-10-3-5-11(17)6-4-10/h9-11,17H,1-8H2,(H2,14,19)(H,15,18). The Bertz CT molecular complexity index is 340. The van der Waals surface area contributed by atoms with Gasteiger partial charge in [-0.05, 0) is 38.5 Å². The van der Waals surface area contributed by atoms with E-state index in [2.05, 4.69) is 5.32 Å². The number of rotatable bonds is 2. The summed E-state index contributed by atoms with van der Waals surface area (Å²) in [6, 6.07) is -0.279. The molecule has 108 valence electrons. The first-order chi connectivity index (χ1) is 9.06. The number of aliphatic hydroxyl groups excluding tert-OH is 1. The molecule has 2 fully saturated rings. The van der Waals surface area contributed by atoms with Crippen molar-refractivity contribution in [1.82, 2.24) is 10.2 Å². The van der Waals surface area contributed by atoms with Gasteiger partial charge in [0.2, 0.25) is 5.91 Å². The first kappa shape index (κ1) is 14.1. The third-order valence-corrected chi connectivity index (χ3v) is 4.15. The zero-order valence-corrected chi connectivity index (χ0v) is 11.2. The second-order valence-corrected chi connectivity index (χ2v) is 5.64. The normalized spacial score (nSPS) is 31.8. The molecule has 1 saturated heterocycles. The van der Waals surface area contributed by atoms with E-state index < -0.39 is 6.03 Å². The topological polar surface area (TPSA) is 95.7 Å². The summed E-state index contributed by atoms with van der Waals surface area (Å²) in [4.78, 5) is 24.8.